The molecular weight excluding hydrogens is 230 g/mol. The topological polar surface area (TPSA) is 66.4 Å². The van der Waals surface area contributed by atoms with E-state index in [1.54, 1.807) is 0 Å². The zero-order valence-corrected chi connectivity index (χ0v) is 11.8. The van der Waals surface area contributed by atoms with E-state index in [9.17, 15) is 14.7 Å². The van der Waals surface area contributed by atoms with Gasteiger partial charge in [0.05, 0.1) is 0 Å². The molecule has 0 bridgehead atoms. The van der Waals surface area contributed by atoms with Crippen LogP contribution in [0.3, 0.4) is 0 Å². The molecule has 0 aromatic heterocycles. The van der Waals surface area contributed by atoms with E-state index < -0.39 is 12.0 Å². The van der Waals surface area contributed by atoms with Crippen molar-refractivity contribution in [1.82, 2.24) is 5.32 Å². The number of carboxylic acids is 1. The van der Waals surface area contributed by atoms with Crippen molar-refractivity contribution in [3.8, 4) is 0 Å². The first kappa shape index (κ1) is 15.0. The van der Waals surface area contributed by atoms with Crippen molar-refractivity contribution in [1.29, 1.82) is 0 Å². The van der Waals surface area contributed by atoms with E-state index in [4.69, 9.17) is 0 Å². The normalized spacial score (nSPS) is 26.4. The summed E-state index contributed by atoms with van der Waals surface area (Å²) in [4.78, 5) is 22.2. The summed E-state index contributed by atoms with van der Waals surface area (Å²) in [5.41, 5.74) is 0.289. The molecule has 0 aliphatic heterocycles. The Morgan fingerprint density at radius 2 is 1.67 bits per heavy atom. The maximum absolute atomic E-state index is 11.2. The number of carboxylic acid groups (broad SMARTS) is 1. The van der Waals surface area contributed by atoms with E-state index in [0.717, 1.165) is 25.7 Å². The van der Waals surface area contributed by atoms with Gasteiger partial charge in [-0.25, -0.2) is 4.79 Å². The average Bonchev–Trinajstić information content (AvgIpc) is 2.24. The van der Waals surface area contributed by atoms with Gasteiger partial charge in [0, 0.05) is 6.92 Å². The Bertz CT molecular complexity index is 311. The summed E-state index contributed by atoms with van der Waals surface area (Å²) in [7, 11) is 0. The lowest BCUT2D eigenvalue weighted by atomic mass is 9.68. The highest BCUT2D eigenvalue weighted by atomic mass is 16.4. The van der Waals surface area contributed by atoms with Crippen molar-refractivity contribution in [2.24, 2.45) is 17.3 Å². The number of aliphatic carboxylic acids is 1. The zero-order valence-electron chi connectivity index (χ0n) is 11.8. The SMILES string of the molecule is CC(=O)NC(C(=O)O)C1CCC(C(C)(C)C)CC1. The molecule has 0 aromatic rings. The highest BCUT2D eigenvalue weighted by Gasteiger charge is 2.35. The number of carbonyl (C=O) groups is 2. The summed E-state index contributed by atoms with van der Waals surface area (Å²) in [5.74, 6) is -0.449. The van der Waals surface area contributed by atoms with E-state index in [2.05, 4.69) is 26.1 Å². The molecule has 1 atom stereocenters. The standard InChI is InChI=1S/C14H25NO3/c1-9(16)15-12(13(17)18)10-5-7-11(8-6-10)14(2,3)4/h10-12H,5-8H2,1-4H3,(H,15,16)(H,17,18). The molecule has 1 saturated carbocycles. The third-order valence-electron chi connectivity index (χ3n) is 4.09. The molecule has 2 N–H and O–H groups in total. The minimum atomic E-state index is -0.913. The van der Waals surface area contributed by atoms with Crippen molar-refractivity contribution in [3.05, 3.63) is 0 Å². The maximum Gasteiger partial charge on any atom is 0.326 e. The first-order chi connectivity index (χ1) is 8.21. The van der Waals surface area contributed by atoms with Crippen LogP contribution in [0.1, 0.15) is 53.4 Å². The smallest absolute Gasteiger partial charge is 0.326 e. The second-order valence-corrected chi connectivity index (χ2v) is 6.49. The Morgan fingerprint density at radius 3 is 2.00 bits per heavy atom. The third-order valence-corrected chi connectivity index (χ3v) is 4.09. The molecule has 104 valence electrons. The maximum atomic E-state index is 11.2. The van der Waals surface area contributed by atoms with Crippen molar-refractivity contribution >= 4 is 11.9 Å². The van der Waals surface area contributed by atoms with Gasteiger partial charge < -0.3 is 10.4 Å². The Hall–Kier alpha value is -1.06. The van der Waals surface area contributed by atoms with Gasteiger partial charge in [0.25, 0.3) is 0 Å². The van der Waals surface area contributed by atoms with E-state index in [-0.39, 0.29) is 17.2 Å². The number of rotatable bonds is 3. The number of amides is 1. The Labute approximate surface area is 109 Å². The summed E-state index contributed by atoms with van der Waals surface area (Å²) in [5, 5.41) is 11.7. The second-order valence-electron chi connectivity index (χ2n) is 6.49. The van der Waals surface area contributed by atoms with Gasteiger partial charge >= 0.3 is 5.97 Å². The Balaban J connectivity index is 2.59. The predicted octanol–water partition coefficient (Wildman–Crippen LogP) is 2.43. The largest absolute Gasteiger partial charge is 0.480 e. The molecule has 18 heavy (non-hydrogen) atoms. The number of hydrogen-bond acceptors (Lipinski definition) is 2. The van der Waals surface area contributed by atoms with Crippen molar-refractivity contribution in [3.63, 3.8) is 0 Å². The van der Waals surface area contributed by atoms with Crippen molar-refractivity contribution in [2.75, 3.05) is 0 Å². The minimum Gasteiger partial charge on any atom is -0.480 e. The molecule has 0 radical (unpaired) electrons. The molecule has 4 nitrogen and oxygen atoms in total. The molecule has 1 unspecified atom stereocenters. The van der Waals surface area contributed by atoms with Gasteiger partial charge in [-0.2, -0.15) is 0 Å². The van der Waals surface area contributed by atoms with E-state index in [1.165, 1.54) is 6.92 Å². The first-order valence-corrected chi connectivity index (χ1v) is 6.71. The molecule has 4 heteroatoms. The first-order valence-electron chi connectivity index (χ1n) is 6.71. The number of carbonyl (C=O) groups excluding carboxylic acids is 1. The lowest BCUT2D eigenvalue weighted by Crippen LogP contribution is -2.46. The summed E-state index contributed by atoms with van der Waals surface area (Å²) < 4.78 is 0. The molecule has 0 heterocycles. The minimum absolute atomic E-state index is 0.0741. The molecule has 1 aliphatic carbocycles. The van der Waals surface area contributed by atoms with Crippen LogP contribution in [0, 0.1) is 17.3 Å². The summed E-state index contributed by atoms with van der Waals surface area (Å²) in [6, 6.07) is -0.719. The van der Waals surface area contributed by atoms with Crippen molar-refractivity contribution < 1.29 is 14.7 Å². The highest BCUT2D eigenvalue weighted by Crippen LogP contribution is 2.40. The van der Waals surface area contributed by atoms with Crippen LogP contribution in [0.5, 0.6) is 0 Å². The molecule has 1 amide bonds. The Kier molecular flexibility index (Phi) is 4.77. The van der Waals surface area contributed by atoms with E-state index in [1.807, 2.05) is 0 Å². The molecule has 0 spiro atoms. The molecule has 0 saturated heterocycles. The van der Waals surface area contributed by atoms with Gasteiger partial charge in [-0.1, -0.05) is 20.8 Å². The fourth-order valence-corrected chi connectivity index (χ4v) is 2.92. The van der Waals surface area contributed by atoms with Crippen LogP contribution in [0.15, 0.2) is 0 Å². The highest BCUT2D eigenvalue weighted by molar-refractivity contribution is 5.82. The van der Waals surface area contributed by atoms with Crippen LogP contribution in [-0.4, -0.2) is 23.0 Å². The molecule has 0 aromatic carbocycles. The molecule has 1 rings (SSSR count). The predicted molar refractivity (Wildman–Crippen MR) is 70.1 cm³/mol. The summed E-state index contributed by atoms with van der Waals surface area (Å²) >= 11 is 0. The van der Waals surface area contributed by atoms with Gasteiger partial charge in [-0.15, -0.1) is 0 Å². The van der Waals surface area contributed by atoms with Crippen LogP contribution in [0.4, 0.5) is 0 Å². The van der Waals surface area contributed by atoms with Gasteiger partial charge in [0.2, 0.25) is 5.91 Å². The lowest BCUT2D eigenvalue weighted by Gasteiger charge is -2.38. The van der Waals surface area contributed by atoms with Crippen molar-refractivity contribution in [2.45, 2.75) is 59.4 Å². The van der Waals surface area contributed by atoms with Gasteiger partial charge in [-0.05, 0) is 42.9 Å². The summed E-state index contributed by atoms with van der Waals surface area (Å²) in [6.45, 7) is 8.08. The van der Waals surface area contributed by atoms with E-state index >= 15 is 0 Å². The van der Waals surface area contributed by atoms with E-state index in [0.29, 0.717) is 5.92 Å². The second kappa shape index (κ2) is 5.72. The zero-order chi connectivity index (χ0) is 13.9. The van der Waals surface area contributed by atoms with Crippen LogP contribution in [-0.2, 0) is 9.59 Å². The van der Waals surface area contributed by atoms with Crippen LogP contribution < -0.4 is 5.32 Å². The molecular formula is C14H25NO3. The monoisotopic (exact) mass is 255 g/mol. The number of nitrogens with one attached hydrogen (secondary N) is 1. The van der Waals surface area contributed by atoms with Gasteiger partial charge in [0.1, 0.15) is 6.04 Å². The van der Waals surface area contributed by atoms with Crippen LogP contribution >= 0.6 is 0 Å². The fraction of sp³-hybridized carbons (Fsp3) is 0.857. The molecule has 1 fully saturated rings. The van der Waals surface area contributed by atoms with Gasteiger partial charge in [0.15, 0.2) is 0 Å². The Morgan fingerprint density at radius 1 is 1.17 bits per heavy atom. The molecule has 1 aliphatic rings. The van der Waals surface area contributed by atoms with Gasteiger partial charge in [-0.3, -0.25) is 4.79 Å². The average molecular weight is 255 g/mol. The van der Waals surface area contributed by atoms with Crippen LogP contribution in [0.2, 0.25) is 0 Å². The summed E-state index contributed by atoms with van der Waals surface area (Å²) in [6.07, 6.45) is 3.88. The fourth-order valence-electron chi connectivity index (χ4n) is 2.92. The third kappa shape index (κ3) is 4.00. The van der Waals surface area contributed by atoms with Crippen LogP contribution in [0.25, 0.3) is 0 Å². The number of hydrogen-bond donors (Lipinski definition) is 2. The quantitative estimate of drug-likeness (QED) is 0.814. The lowest BCUT2D eigenvalue weighted by molar-refractivity contribution is -0.143.